The number of furan rings is 1. The van der Waals surface area contributed by atoms with Crippen LogP contribution in [0.25, 0.3) is 22.6 Å². The Morgan fingerprint density at radius 2 is 2.00 bits per heavy atom. The highest BCUT2D eigenvalue weighted by Gasteiger charge is 2.31. The van der Waals surface area contributed by atoms with Gasteiger partial charge in [0, 0.05) is 24.8 Å². The van der Waals surface area contributed by atoms with Crippen LogP contribution in [0.2, 0.25) is 0 Å². The van der Waals surface area contributed by atoms with Gasteiger partial charge in [-0.2, -0.15) is 0 Å². The van der Waals surface area contributed by atoms with Gasteiger partial charge in [-0.15, -0.1) is 0 Å². The number of carbonyl (C=O) groups excluding carboxylic acids is 1. The van der Waals surface area contributed by atoms with Crippen LogP contribution in [0.15, 0.2) is 59.5 Å². The molecule has 1 atom stereocenters. The molecule has 6 nitrogen and oxygen atoms in total. The van der Waals surface area contributed by atoms with Gasteiger partial charge in [-0.1, -0.05) is 17.2 Å². The molecule has 1 saturated heterocycles. The lowest BCUT2D eigenvalue weighted by atomic mass is 10.1. The lowest BCUT2D eigenvalue weighted by Crippen LogP contribution is -2.29. The first-order chi connectivity index (χ1) is 14.1. The Morgan fingerprint density at radius 3 is 2.76 bits per heavy atom. The van der Waals surface area contributed by atoms with Crippen molar-refractivity contribution in [3.63, 3.8) is 0 Å². The fourth-order valence-corrected chi connectivity index (χ4v) is 4.29. The number of fused-ring (bicyclic) bond motifs is 1. The van der Waals surface area contributed by atoms with Crippen LogP contribution in [0.1, 0.15) is 33.9 Å². The van der Waals surface area contributed by atoms with E-state index in [-0.39, 0.29) is 11.9 Å². The van der Waals surface area contributed by atoms with Crippen LogP contribution in [0, 0.1) is 13.8 Å². The monoisotopic (exact) mass is 386 g/mol. The van der Waals surface area contributed by atoms with Crippen molar-refractivity contribution in [2.75, 3.05) is 13.1 Å². The van der Waals surface area contributed by atoms with Gasteiger partial charge >= 0.3 is 0 Å². The summed E-state index contributed by atoms with van der Waals surface area (Å²) < 4.78 is 7.45. The molecular formula is C23H22N4O2. The lowest BCUT2D eigenvalue weighted by molar-refractivity contribution is 0.0787. The maximum absolute atomic E-state index is 13.1. The summed E-state index contributed by atoms with van der Waals surface area (Å²) in [5.74, 6) is 0.916. The van der Waals surface area contributed by atoms with Crippen molar-refractivity contribution >= 4 is 17.1 Å². The van der Waals surface area contributed by atoms with Crippen LogP contribution >= 0.6 is 0 Å². The molecule has 0 aliphatic carbocycles. The Morgan fingerprint density at radius 1 is 1.17 bits per heavy atom. The number of aromatic nitrogens is 3. The van der Waals surface area contributed by atoms with Gasteiger partial charge in [0.1, 0.15) is 17.6 Å². The molecule has 1 aliphatic rings. The molecule has 5 rings (SSSR count). The summed E-state index contributed by atoms with van der Waals surface area (Å²) in [5, 5.41) is 0. The SMILES string of the molecule is Cc1cc(C)cc(C(=O)N2CC[C@H](n3c(-c4ccoc4)nc4cccnc43)C2)c1. The second-order valence-corrected chi connectivity index (χ2v) is 7.73. The molecule has 29 heavy (non-hydrogen) atoms. The van der Waals surface area contributed by atoms with E-state index in [1.54, 1.807) is 18.7 Å². The smallest absolute Gasteiger partial charge is 0.253 e. The first-order valence-corrected chi connectivity index (χ1v) is 9.83. The van der Waals surface area contributed by atoms with Crippen molar-refractivity contribution in [1.82, 2.24) is 19.4 Å². The Balaban J connectivity index is 1.49. The number of likely N-dealkylation sites (tertiary alicyclic amines) is 1. The molecule has 4 aromatic rings. The van der Waals surface area contributed by atoms with Crippen molar-refractivity contribution in [3.05, 3.63) is 71.8 Å². The Bertz CT molecular complexity index is 1170. The Hall–Kier alpha value is -3.41. The van der Waals surface area contributed by atoms with Gasteiger partial charge in [0.2, 0.25) is 0 Å². The highest BCUT2D eigenvalue weighted by Crippen LogP contribution is 2.32. The van der Waals surface area contributed by atoms with Gasteiger partial charge in [0.15, 0.2) is 5.65 Å². The highest BCUT2D eigenvalue weighted by molar-refractivity contribution is 5.95. The number of pyridine rings is 1. The van der Waals surface area contributed by atoms with Crippen molar-refractivity contribution in [2.24, 2.45) is 0 Å². The van der Waals surface area contributed by atoms with Gasteiger partial charge < -0.3 is 13.9 Å². The number of imidazole rings is 1. The van der Waals surface area contributed by atoms with Gasteiger partial charge in [-0.3, -0.25) is 4.79 Å². The third kappa shape index (κ3) is 3.10. The number of benzene rings is 1. The largest absolute Gasteiger partial charge is 0.472 e. The minimum Gasteiger partial charge on any atom is -0.472 e. The maximum atomic E-state index is 13.1. The second kappa shape index (κ2) is 6.88. The molecule has 0 radical (unpaired) electrons. The number of rotatable bonds is 3. The molecule has 0 saturated carbocycles. The maximum Gasteiger partial charge on any atom is 0.253 e. The Labute approximate surface area is 168 Å². The average molecular weight is 386 g/mol. The van der Waals surface area contributed by atoms with Crippen molar-refractivity contribution < 1.29 is 9.21 Å². The quantitative estimate of drug-likeness (QED) is 0.524. The molecule has 0 spiro atoms. The predicted octanol–water partition coefficient (Wildman–Crippen LogP) is 4.40. The Kier molecular flexibility index (Phi) is 4.19. The third-order valence-electron chi connectivity index (χ3n) is 5.51. The van der Waals surface area contributed by atoms with E-state index in [2.05, 4.69) is 15.6 Å². The van der Waals surface area contributed by atoms with Gasteiger partial charge in [0.05, 0.1) is 17.9 Å². The van der Waals surface area contributed by atoms with E-state index in [1.165, 1.54) is 0 Å². The summed E-state index contributed by atoms with van der Waals surface area (Å²) in [4.78, 5) is 24.4. The van der Waals surface area contributed by atoms with E-state index >= 15 is 0 Å². The number of amides is 1. The number of hydrogen-bond acceptors (Lipinski definition) is 4. The molecule has 1 aromatic carbocycles. The minimum absolute atomic E-state index is 0.0848. The second-order valence-electron chi connectivity index (χ2n) is 7.73. The number of hydrogen-bond donors (Lipinski definition) is 0. The topological polar surface area (TPSA) is 64.2 Å². The molecule has 3 aromatic heterocycles. The van der Waals surface area contributed by atoms with Crippen LogP contribution in [-0.4, -0.2) is 38.4 Å². The van der Waals surface area contributed by atoms with E-state index in [9.17, 15) is 4.79 Å². The number of aryl methyl sites for hydroxylation is 2. The van der Waals surface area contributed by atoms with Crippen molar-refractivity contribution in [1.29, 1.82) is 0 Å². The van der Waals surface area contributed by atoms with Gasteiger partial charge in [0.25, 0.3) is 5.91 Å². The molecule has 1 fully saturated rings. The van der Waals surface area contributed by atoms with Crippen LogP contribution in [-0.2, 0) is 0 Å². The molecule has 0 bridgehead atoms. The molecule has 4 heterocycles. The van der Waals surface area contributed by atoms with Crippen molar-refractivity contribution in [2.45, 2.75) is 26.3 Å². The van der Waals surface area contributed by atoms with Crippen molar-refractivity contribution in [3.8, 4) is 11.4 Å². The number of carbonyl (C=O) groups is 1. The predicted molar refractivity (Wildman–Crippen MR) is 111 cm³/mol. The fraction of sp³-hybridized carbons (Fsp3) is 0.261. The average Bonchev–Trinajstić information content (AvgIpc) is 3.44. The normalized spacial score (nSPS) is 16.6. The minimum atomic E-state index is 0.0848. The van der Waals surface area contributed by atoms with Crippen LogP contribution in [0.4, 0.5) is 0 Å². The van der Waals surface area contributed by atoms with Crippen LogP contribution < -0.4 is 0 Å². The lowest BCUT2D eigenvalue weighted by Gasteiger charge is -2.19. The highest BCUT2D eigenvalue weighted by atomic mass is 16.3. The van der Waals surface area contributed by atoms with Crippen LogP contribution in [0.5, 0.6) is 0 Å². The zero-order valence-corrected chi connectivity index (χ0v) is 16.5. The molecule has 6 heteroatoms. The van der Waals surface area contributed by atoms with Crippen LogP contribution in [0.3, 0.4) is 0 Å². The summed E-state index contributed by atoms with van der Waals surface area (Å²) >= 11 is 0. The summed E-state index contributed by atoms with van der Waals surface area (Å²) in [6.07, 6.45) is 6.00. The summed E-state index contributed by atoms with van der Waals surface area (Å²) in [6, 6.07) is 11.9. The summed E-state index contributed by atoms with van der Waals surface area (Å²) in [5.41, 5.74) is 5.58. The number of nitrogens with zero attached hydrogens (tertiary/aromatic N) is 4. The molecule has 0 N–H and O–H groups in total. The van der Waals surface area contributed by atoms with E-state index < -0.39 is 0 Å². The van der Waals surface area contributed by atoms with E-state index in [1.807, 2.05) is 49.1 Å². The summed E-state index contributed by atoms with van der Waals surface area (Å²) in [7, 11) is 0. The molecule has 0 unspecified atom stereocenters. The van der Waals surface area contributed by atoms with E-state index in [0.29, 0.717) is 13.1 Å². The van der Waals surface area contributed by atoms with E-state index in [4.69, 9.17) is 9.40 Å². The van der Waals surface area contributed by atoms with E-state index in [0.717, 1.165) is 45.7 Å². The molecule has 1 amide bonds. The standard InChI is InChI=1S/C23H22N4O2/c1-15-10-16(2)12-18(11-15)23(28)26-8-5-19(13-26)27-21(17-6-9-29-14-17)25-20-4-3-7-24-22(20)27/h3-4,6-7,9-12,14,19H,5,8,13H2,1-2H3/t19-/m0/s1. The fourth-order valence-electron chi connectivity index (χ4n) is 4.29. The van der Waals surface area contributed by atoms with Gasteiger partial charge in [-0.05, 0) is 50.6 Å². The zero-order valence-electron chi connectivity index (χ0n) is 16.5. The first kappa shape index (κ1) is 17.7. The molecule has 146 valence electrons. The first-order valence-electron chi connectivity index (χ1n) is 9.83. The molecule has 1 aliphatic heterocycles. The zero-order chi connectivity index (χ0) is 20.0. The third-order valence-corrected chi connectivity index (χ3v) is 5.51. The molecular weight excluding hydrogens is 364 g/mol. The summed E-state index contributed by atoms with van der Waals surface area (Å²) in [6.45, 7) is 5.40. The van der Waals surface area contributed by atoms with Gasteiger partial charge in [-0.25, -0.2) is 9.97 Å².